The third kappa shape index (κ3) is 8.58. The van der Waals surface area contributed by atoms with Gasteiger partial charge >= 0.3 is 0 Å². The summed E-state index contributed by atoms with van der Waals surface area (Å²) in [4.78, 5) is 0. The molecule has 1 nitrogen and oxygen atoms in total. The average molecular weight is 433 g/mol. The fourth-order valence-corrected chi connectivity index (χ4v) is 5.01. The van der Waals surface area contributed by atoms with Gasteiger partial charge in [0, 0.05) is 6.61 Å². The van der Waals surface area contributed by atoms with Crippen LogP contribution < -0.4 is 0 Å². The van der Waals surface area contributed by atoms with E-state index < -0.39 is 0 Å². The predicted molar refractivity (Wildman–Crippen MR) is 139 cm³/mol. The fourth-order valence-electron chi connectivity index (χ4n) is 5.01. The molecule has 0 spiro atoms. The molecule has 174 valence electrons. The van der Waals surface area contributed by atoms with E-state index in [0.29, 0.717) is 0 Å². The highest BCUT2D eigenvalue weighted by Gasteiger charge is 2.18. The molecule has 0 N–H and O–H groups in total. The second-order valence-electron chi connectivity index (χ2n) is 9.71. The quantitative estimate of drug-likeness (QED) is 0.226. The van der Waals surface area contributed by atoms with Crippen molar-refractivity contribution in [3.63, 3.8) is 0 Å². The Morgan fingerprint density at radius 2 is 1.44 bits per heavy atom. The SMILES string of the molecule is CC=C[C@H]1CC[C@H](CCCCc2ccc(-c3ccc(COCCCCC)cc3)cc2)CC1. The molecule has 2 aromatic carbocycles. The lowest BCUT2D eigenvalue weighted by Gasteiger charge is -2.26. The Balaban J connectivity index is 1.35. The smallest absolute Gasteiger partial charge is 0.0716 e. The van der Waals surface area contributed by atoms with Crippen LogP contribution >= 0.6 is 0 Å². The van der Waals surface area contributed by atoms with Gasteiger partial charge in [0.25, 0.3) is 0 Å². The number of benzene rings is 2. The van der Waals surface area contributed by atoms with Crippen LogP contribution in [0.5, 0.6) is 0 Å². The first-order chi connectivity index (χ1) is 15.8. The number of allylic oxidation sites excluding steroid dienone is 2. The summed E-state index contributed by atoms with van der Waals surface area (Å²) in [6, 6.07) is 18.1. The lowest BCUT2D eigenvalue weighted by molar-refractivity contribution is 0.117. The average Bonchev–Trinajstić information content (AvgIpc) is 2.84. The second-order valence-corrected chi connectivity index (χ2v) is 9.71. The molecule has 0 aromatic heterocycles. The molecule has 0 heterocycles. The van der Waals surface area contributed by atoms with Crippen molar-refractivity contribution in [2.24, 2.45) is 11.8 Å². The van der Waals surface area contributed by atoms with Gasteiger partial charge in [0.05, 0.1) is 6.61 Å². The Labute approximate surface area is 197 Å². The zero-order chi connectivity index (χ0) is 22.4. The van der Waals surface area contributed by atoms with E-state index in [1.165, 1.54) is 92.9 Å². The molecule has 0 amide bonds. The van der Waals surface area contributed by atoms with Gasteiger partial charge in [-0.1, -0.05) is 93.3 Å². The van der Waals surface area contributed by atoms with Crippen molar-refractivity contribution in [1.82, 2.24) is 0 Å². The van der Waals surface area contributed by atoms with Gasteiger partial charge in [0.2, 0.25) is 0 Å². The maximum atomic E-state index is 5.78. The van der Waals surface area contributed by atoms with Crippen molar-refractivity contribution in [1.29, 1.82) is 0 Å². The molecule has 0 unspecified atom stereocenters. The van der Waals surface area contributed by atoms with Crippen molar-refractivity contribution < 1.29 is 4.74 Å². The molecule has 0 bridgehead atoms. The van der Waals surface area contributed by atoms with Crippen LogP contribution in [0.3, 0.4) is 0 Å². The molecule has 1 heteroatoms. The summed E-state index contributed by atoms with van der Waals surface area (Å²) in [6.07, 6.45) is 19.3. The minimum absolute atomic E-state index is 0.722. The molecule has 1 aliphatic rings. The van der Waals surface area contributed by atoms with E-state index in [-0.39, 0.29) is 0 Å². The van der Waals surface area contributed by atoms with Crippen LogP contribution in [0, 0.1) is 11.8 Å². The maximum absolute atomic E-state index is 5.78. The zero-order valence-electron chi connectivity index (χ0n) is 20.5. The largest absolute Gasteiger partial charge is 0.377 e. The minimum atomic E-state index is 0.722. The monoisotopic (exact) mass is 432 g/mol. The van der Waals surface area contributed by atoms with E-state index in [4.69, 9.17) is 4.74 Å². The Morgan fingerprint density at radius 1 is 0.781 bits per heavy atom. The number of hydrogen-bond donors (Lipinski definition) is 0. The number of ether oxygens (including phenoxy) is 1. The summed E-state index contributed by atoms with van der Waals surface area (Å²) >= 11 is 0. The third-order valence-corrected chi connectivity index (χ3v) is 7.09. The summed E-state index contributed by atoms with van der Waals surface area (Å²) in [7, 11) is 0. The zero-order valence-corrected chi connectivity index (χ0v) is 20.5. The Bertz CT molecular complexity index is 763. The van der Waals surface area contributed by atoms with Crippen LogP contribution in [-0.2, 0) is 17.8 Å². The van der Waals surface area contributed by atoms with Crippen molar-refractivity contribution >= 4 is 0 Å². The lowest BCUT2D eigenvalue weighted by Crippen LogP contribution is -2.13. The molecular weight excluding hydrogens is 388 g/mol. The van der Waals surface area contributed by atoms with Crippen LogP contribution in [0.1, 0.15) is 89.2 Å². The van der Waals surface area contributed by atoms with E-state index in [0.717, 1.165) is 25.0 Å². The Hall–Kier alpha value is -1.86. The molecule has 32 heavy (non-hydrogen) atoms. The van der Waals surface area contributed by atoms with Crippen molar-refractivity contribution in [2.75, 3.05) is 6.61 Å². The predicted octanol–water partition coefficient (Wildman–Crippen LogP) is 9.16. The van der Waals surface area contributed by atoms with Gasteiger partial charge in [-0.3, -0.25) is 0 Å². The van der Waals surface area contributed by atoms with Gasteiger partial charge in [-0.05, 0) is 86.0 Å². The fraction of sp³-hybridized carbons (Fsp3) is 0.548. The summed E-state index contributed by atoms with van der Waals surface area (Å²) in [5.41, 5.74) is 5.33. The standard InChI is InChI=1S/C31H44O/c1-3-5-8-24-32-25-29-18-22-31(23-19-29)30-20-16-28(17-21-30)11-7-6-10-27-14-12-26(9-4-2)13-15-27/h4,9,16-23,26-27H,3,5-8,10-15,24-25H2,1-2H3/t26-,27-. The molecule has 0 atom stereocenters. The van der Waals surface area contributed by atoms with Gasteiger partial charge in [0.15, 0.2) is 0 Å². The number of aryl methyl sites for hydroxylation is 1. The number of unbranched alkanes of at least 4 members (excludes halogenated alkanes) is 3. The molecule has 0 radical (unpaired) electrons. The Morgan fingerprint density at radius 3 is 2.06 bits per heavy atom. The summed E-state index contributed by atoms with van der Waals surface area (Å²) in [5, 5.41) is 0. The van der Waals surface area contributed by atoms with Crippen molar-refractivity contribution in [3.05, 3.63) is 71.8 Å². The van der Waals surface area contributed by atoms with Gasteiger partial charge in [-0.15, -0.1) is 0 Å². The molecular formula is C31H44O. The highest BCUT2D eigenvalue weighted by Crippen LogP contribution is 2.32. The highest BCUT2D eigenvalue weighted by molar-refractivity contribution is 5.63. The summed E-state index contributed by atoms with van der Waals surface area (Å²) in [6.45, 7) is 5.97. The molecule has 1 saturated carbocycles. The van der Waals surface area contributed by atoms with E-state index in [1.807, 2.05) is 0 Å². The first kappa shape index (κ1) is 24.8. The van der Waals surface area contributed by atoms with Gasteiger partial charge in [0.1, 0.15) is 0 Å². The van der Waals surface area contributed by atoms with Gasteiger partial charge in [-0.2, -0.15) is 0 Å². The van der Waals surface area contributed by atoms with Crippen molar-refractivity contribution in [3.8, 4) is 11.1 Å². The Kier molecular flexibility index (Phi) is 11.1. The molecule has 0 saturated heterocycles. The van der Waals surface area contributed by atoms with Crippen LogP contribution in [0.2, 0.25) is 0 Å². The van der Waals surface area contributed by atoms with Crippen LogP contribution in [0.4, 0.5) is 0 Å². The lowest BCUT2D eigenvalue weighted by atomic mass is 9.79. The number of rotatable bonds is 13. The minimum Gasteiger partial charge on any atom is -0.377 e. The van der Waals surface area contributed by atoms with Gasteiger partial charge in [-0.25, -0.2) is 0 Å². The van der Waals surface area contributed by atoms with E-state index in [9.17, 15) is 0 Å². The molecule has 1 aliphatic carbocycles. The summed E-state index contributed by atoms with van der Waals surface area (Å²) < 4.78 is 5.78. The first-order valence-electron chi connectivity index (χ1n) is 13.2. The molecule has 2 aromatic rings. The topological polar surface area (TPSA) is 9.23 Å². The molecule has 3 rings (SSSR count). The van der Waals surface area contributed by atoms with Gasteiger partial charge < -0.3 is 4.74 Å². The van der Waals surface area contributed by atoms with Crippen LogP contribution in [0.25, 0.3) is 11.1 Å². The van der Waals surface area contributed by atoms with Crippen LogP contribution in [0.15, 0.2) is 60.7 Å². The first-order valence-corrected chi connectivity index (χ1v) is 13.2. The summed E-state index contributed by atoms with van der Waals surface area (Å²) in [5.74, 6) is 1.83. The molecule has 1 fully saturated rings. The third-order valence-electron chi connectivity index (χ3n) is 7.09. The van der Waals surface area contributed by atoms with E-state index >= 15 is 0 Å². The van der Waals surface area contributed by atoms with Crippen LogP contribution in [-0.4, -0.2) is 6.61 Å². The van der Waals surface area contributed by atoms with Crippen molar-refractivity contribution in [2.45, 2.75) is 91.1 Å². The molecule has 0 aliphatic heterocycles. The normalized spacial score (nSPS) is 18.9. The van der Waals surface area contributed by atoms with E-state index in [2.05, 4.69) is 74.5 Å². The maximum Gasteiger partial charge on any atom is 0.0716 e. The second kappa shape index (κ2) is 14.3. The number of hydrogen-bond acceptors (Lipinski definition) is 1. The van der Waals surface area contributed by atoms with E-state index in [1.54, 1.807) is 0 Å². The highest BCUT2D eigenvalue weighted by atomic mass is 16.5.